The Bertz CT molecular complexity index is 110. The van der Waals surface area contributed by atoms with Gasteiger partial charge in [0.2, 0.25) is 0 Å². The second-order valence-corrected chi connectivity index (χ2v) is 3.55. The van der Waals surface area contributed by atoms with Crippen molar-refractivity contribution in [3.63, 3.8) is 0 Å². The molecule has 1 aliphatic heterocycles. The van der Waals surface area contributed by atoms with E-state index in [0.717, 1.165) is 19.6 Å². The van der Waals surface area contributed by atoms with E-state index in [0.29, 0.717) is 17.9 Å². The van der Waals surface area contributed by atoms with Gasteiger partial charge in [0.1, 0.15) is 0 Å². The molecule has 0 spiro atoms. The average Bonchev–Trinajstić information content (AvgIpc) is 2.53. The Balaban J connectivity index is 2.32. The van der Waals surface area contributed by atoms with E-state index in [1.807, 2.05) is 0 Å². The van der Waals surface area contributed by atoms with Gasteiger partial charge in [-0.15, -0.1) is 0 Å². The monoisotopic (exact) mass is 157 g/mol. The number of hydrogen-bond donors (Lipinski definition) is 1. The fourth-order valence-corrected chi connectivity index (χ4v) is 1.69. The smallest absolute Gasteiger partial charge is 0.0498 e. The molecule has 1 heterocycles. The minimum absolute atomic E-state index is 0.363. The fourth-order valence-electron chi connectivity index (χ4n) is 1.69. The first-order valence-corrected chi connectivity index (χ1v) is 4.59. The van der Waals surface area contributed by atoms with Gasteiger partial charge in [0.25, 0.3) is 0 Å². The molecule has 0 aromatic heterocycles. The number of nitrogens with two attached hydrogens (primary N) is 1. The van der Waals surface area contributed by atoms with Crippen LogP contribution in [0.2, 0.25) is 0 Å². The maximum absolute atomic E-state index is 5.94. The molecule has 11 heavy (non-hydrogen) atoms. The highest BCUT2D eigenvalue weighted by Gasteiger charge is 2.25. The largest absolute Gasteiger partial charge is 0.381 e. The van der Waals surface area contributed by atoms with Crippen molar-refractivity contribution in [2.24, 2.45) is 17.6 Å². The highest BCUT2D eigenvalue weighted by molar-refractivity contribution is 4.77. The van der Waals surface area contributed by atoms with Crippen molar-refractivity contribution in [1.29, 1.82) is 0 Å². The standard InChI is InChI=1S/C9H19NO/c1-3-9(10)7(2)8-4-5-11-6-8/h7-9H,3-6,10H2,1-2H3. The Morgan fingerprint density at radius 2 is 2.36 bits per heavy atom. The van der Waals surface area contributed by atoms with Gasteiger partial charge in [0.05, 0.1) is 0 Å². The molecule has 2 nitrogen and oxygen atoms in total. The van der Waals surface area contributed by atoms with Gasteiger partial charge >= 0.3 is 0 Å². The molecule has 0 radical (unpaired) electrons. The maximum Gasteiger partial charge on any atom is 0.0498 e. The van der Waals surface area contributed by atoms with Crippen LogP contribution in [0.25, 0.3) is 0 Å². The molecule has 66 valence electrons. The molecule has 0 bridgehead atoms. The van der Waals surface area contributed by atoms with E-state index in [1.165, 1.54) is 6.42 Å². The van der Waals surface area contributed by atoms with Crippen LogP contribution < -0.4 is 5.73 Å². The Kier molecular flexibility index (Phi) is 3.34. The van der Waals surface area contributed by atoms with Gasteiger partial charge in [-0.3, -0.25) is 0 Å². The molecule has 3 atom stereocenters. The zero-order chi connectivity index (χ0) is 8.27. The molecule has 2 N–H and O–H groups in total. The first kappa shape index (κ1) is 9.01. The molecule has 0 amide bonds. The fraction of sp³-hybridized carbons (Fsp3) is 1.00. The SMILES string of the molecule is CCC(N)C(C)C1CCOC1. The minimum Gasteiger partial charge on any atom is -0.381 e. The van der Waals surface area contributed by atoms with Gasteiger partial charge in [0.15, 0.2) is 0 Å². The van der Waals surface area contributed by atoms with Crippen molar-refractivity contribution in [3.05, 3.63) is 0 Å². The summed E-state index contributed by atoms with van der Waals surface area (Å²) in [6.45, 7) is 6.25. The molecule has 0 aromatic carbocycles. The van der Waals surface area contributed by atoms with E-state index in [4.69, 9.17) is 10.5 Å². The Labute approximate surface area is 69.1 Å². The number of hydrogen-bond acceptors (Lipinski definition) is 2. The zero-order valence-corrected chi connectivity index (χ0v) is 7.55. The summed E-state index contributed by atoms with van der Waals surface area (Å²) < 4.78 is 5.32. The van der Waals surface area contributed by atoms with Crippen LogP contribution in [-0.2, 0) is 4.74 Å². The lowest BCUT2D eigenvalue weighted by molar-refractivity contribution is 0.168. The van der Waals surface area contributed by atoms with Gasteiger partial charge in [-0.2, -0.15) is 0 Å². The molecular weight excluding hydrogens is 138 g/mol. The lowest BCUT2D eigenvalue weighted by Crippen LogP contribution is -2.32. The predicted octanol–water partition coefficient (Wildman–Crippen LogP) is 1.40. The lowest BCUT2D eigenvalue weighted by atomic mass is 9.86. The summed E-state index contributed by atoms with van der Waals surface area (Å²) in [6, 6.07) is 0.363. The topological polar surface area (TPSA) is 35.2 Å². The third kappa shape index (κ3) is 2.17. The Morgan fingerprint density at radius 1 is 1.64 bits per heavy atom. The van der Waals surface area contributed by atoms with Crippen LogP contribution in [0.3, 0.4) is 0 Å². The highest BCUT2D eigenvalue weighted by Crippen LogP contribution is 2.24. The molecule has 1 rings (SSSR count). The van der Waals surface area contributed by atoms with E-state index in [-0.39, 0.29) is 0 Å². The zero-order valence-electron chi connectivity index (χ0n) is 7.55. The molecular formula is C9H19NO. The van der Waals surface area contributed by atoms with Gasteiger partial charge in [0, 0.05) is 19.3 Å². The summed E-state index contributed by atoms with van der Waals surface area (Å²) in [6.07, 6.45) is 2.28. The van der Waals surface area contributed by atoms with Crippen molar-refractivity contribution >= 4 is 0 Å². The molecule has 1 fully saturated rings. The summed E-state index contributed by atoms with van der Waals surface area (Å²) >= 11 is 0. The molecule has 0 aromatic rings. The van der Waals surface area contributed by atoms with Crippen molar-refractivity contribution in [2.75, 3.05) is 13.2 Å². The molecule has 0 aliphatic carbocycles. The van der Waals surface area contributed by atoms with Crippen molar-refractivity contribution < 1.29 is 4.74 Å². The van der Waals surface area contributed by atoms with Crippen molar-refractivity contribution in [2.45, 2.75) is 32.7 Å². The van der Waals surface area contributed by atoms with E-state index in [9.17, 15) is 0 Å². The van der Waals surface area contributed by atoms with Gasteiger partial charge < -0.3 is 10.5 Å². The third-order valence-electron chi connectivity index (χ3n) is 2.86. The van der Waals surface area contributed by atoms with E-state index < -0.39 is 0 Å². The van der Waals surface area contributed by atoms with Crippen LogP contribution in [-0.4, -0.2) is 19.3 Å². The van der Waals surface area contributed by atoms with Crippen LogP contribution >= 0.6 is 0 Å². The molecule has 0 saturated carbocycles. The minimum atomic E-state index is 0.363. The van der Waals surface area contributed by atoms with Crippen LogP contribution in [0.1, 0.15) is 26.7 Å². The van der Waals surface area contributed by atoms with E-state index in [1.54, 1.807) is 0 Å². The third-order valence-corrected chi connectivity index (χ3v) is 2.86. The summed E-state index contributed by atoms with van der Waals surface area (Å²) in [5.41, 5.74) is 5.94. The highest BCUT2D eigenvalue weighted by atomic mass is 16.5. The van der Waals surface area contributed by atoms with Gasteiger partial charge in [-0.25, -0.2) is 0 Å². The Hall–Kier alpha value is -0.0800. The van der Waals surface area contributed by atoms with E-state index >= 15 is 0 Å². The second kappa shape index (κ2) is 4.07. The molecule has 1 saturated heterocycles. The van der Waals surface area contributed by atoms with E-state index in [2.05, 4.69) is 13.8 Å². The van der Waals surface area contributed by atoms with Crippen molar-refractivity contribution in [3.8, 4) is 0 Å². The predicted molar refractivity (Wildman–Crippen MR) is 46.4 cm³/mol. The molecule has 2 heteroatoms. The first-order valence-electron chi connectivity index (χ1n) is 4.59. The Morgan fingerprint density at radius 3 is 2.82 bits per heavy atom. The van der Waals surface area contributed by atoms with Gasteiger partial charge in [-0.05, 0) is 24.7 Å². The van der Waals surface area contributed by atoms with Crippen LogP contribution in [0.4, 0.5) is 0 Å². The summed E-state index contributed by atoms with van der Waals surface area (Å²) in [7, 11) is 0. The quantitative estimate of drug-likeness (QED) is 0.672. The normalized spacial score (nSPS) is 30.3. The summed E-state index contributed by atoms with van der Waals surface area (Å²) in [4.78, 5) is 0. The van der Waals surface area contributed by atoms with Gasteiger partial charge in [-0.1, -0.05) is 13.8 Å². The van der Waals surface area contributed by atoms with Crippen LogP contribution in [0.15, 0.2) is 0 Å². The maximum atomic E-state index is 5.94. The summed E-state index contributed by atoms with van der Waals surface area (Å²) in [5.74, 6) is 1.34. The number of ether oxygens (including phenoxy) is 1. The average molecular weight is 157 g/mol. The van der Waals surface area contributed by atoms with Crippen molar-refractivity contribution in [1.82, 2.24) is 0 Å². The lowest BCUT2D eigenvalue weighted by Gasteiger charge is -2.23. The second-order valence-electron chi connectivity index (χ2n) is 3.55. The molecule has 3 unspecified atom stereocenters. The first-order chi connectivity index (χ1) is 5.25. The van der Waals surface area contributed by atoms with Crippen LogP contribution in [0, 0.1) is 11.8 Å². The summed E-state index contributed by atoms with van der Waals surface area (Å²) in [5, 5.41) is 0. The molecule has 1 aliphatic rings. The number of rotatable bonds is 3. The van der Waals surface area contributed by atoms with Crippen LogP contribution in [0.5, 0.6) is 0 Å².